The van der Waals surface area contributed by atoms with Crippen molar-refractivity contribution < 1.29 is 14.4 Å². The van der Waals surface area contributed by atoms with E-state index in [-0.39, 0.29) is 6.10 Å². The third-order valence-corrected chi connectivity index (χ3v) is 5.00. The van der Waals surface area contributed by atoms with Crippen molar-refractivity contribution in [2.75, 3.05) is 18.0 Å². The molecule has 7 heteroatoms. The minimum atomic E-state index is -0.530. The zero-order valence-corrected chi connectivity index (χ0v) is 14.0. The predicted octanol–water partition coefficient (Wildman–Crippen LogP) is 0.823. The molecule has 0 spiro atoms. The molecule has 1 aromatic rings. The number of aromatic nitrogens is 1. The lowest BCUT2D eigenvalue weighted by molar-refractivity contribution is 0.00578. The molecule has 0 aliphatic carbocycles. The van der Waals surface area contributed by atoms with Crippen LogP contribution in [0, 0.1) is 11.3 Å². The Labute approximate surface area is 137 Å². The molecule has 1 atom stereocenters. The lowest BCUT2D eigenvalue weighted by atomic mass is 9.79. The highest BCUT2D eigenvalue weighted by Crippen LogP contribution is 2.36. The summed E-state index contributed by atoms with van der Waals surface area (Å²) in [6.45, 7) is 9.19. The summed E-state index contributed by atoms with van der Waals surface area (Å²) in [5, 5.41) is 19.1. The minimum absolute atomic E-state index is 0.355. The highest BCUT2D eigenvalue weighted by Gasteiger charge is 2.52. The fourth-order valence-electron chi connectivity index (χ4n) is 2.85. The fraction of sp³-hybridized carbons (Fsp3) is 0.625. The molecule has 0 aromatic carbocycles. The Morgan fingerprint density at radius 3 is 2.52 bits per heavy atom. The summed E-state index contributed by atoms with van der Waals surface area (Å²) >= 11 is 0. The molecule has 3 heterocycles. The Morgan fingerprint density at radius 2 is 2.00 bits per heavy atom. The lowest BCUT2D eigenvalue weighted by Gasteiger charge is -2.32. The Hall–Kier alpha value is -1.62. The Bertz CT molecular complexity index is 640. The molecule has 2 fully saturated rings. The normalized spacial score (nSPS) is 25.7. The first-order valence-corrected chi connectivity index (χ1v) is 7.92. The summed E-state index contributed by atoms with van der Waals surface area (Å²) in [6.07, 6.45) is 2.04. The van der Waals surface area contributed by atoms with E-state index in [1.165, 1.54) is 0 Å². The first-order chi connectivity index (χ1) is 10.7. The van der Waals surface area contributed by atoms with Crippen molar-refractivity contribution in [3.63, 3.8) is 0 Å². The van der Waals surface area contributed by atoms with Crippen LogP contribution in [0.1, 0.15) is 39.7 Å². The van der Waals surface area contributed by atoms with E-state index in [1.54, 1.807) is 12.3 Å². The summed E-state index contributed by atoms with van der Waals surface area (Å²) in [6, 6.07) is 3.97. The Balaban J connectivity index is 1.88. The van der Waals surface area contributed by atoms with E-state index < -0.39 is 18.3 Å². The summed E-state index contributed by atoms with van der Waals surface area (Å²) in [7, 11) is -0.530. The first-order valence-electron chi connectivity index (χ1n) is 7.92. The van der Waals surface area contributed by atoms with Crippen LogP contribution in [0.25, 0.3) is 0 Å². The van der Waals surface area contributed by atoms with Crippen LogP contribution in [0.2, 0.25) is 0 Å². The zero-order valence-electron chi connectivity index (χ0n) is 14.0. The van der Waals surface area contributed by atoms with Gasteiger partial charge < -0.3 is 19.3 Å². The van der Waals surface area contributed by atoms with Gasteiger partial charge in [0.05, 0.1) is 22.9 Å². The number of rotatable bonds is 2. The molecule has 0 saturated carbocycles. The molecule has 122 valence electrons. The maximum atomic E-state index is 9.67. The second-order valence-corrected chi connectivity index (χ2v) is 7.23. The van der Waals surface area contributed by atoms with Gasteiger partial charge in [0.2, 0.25) is 0 Å². The SMILES string of the molecule is CC1(C)OB(c2cnc(N3CC[C@H](O)C3)c(C#N)c2)OC1(C)C. The molecule has 1 N–H and O–H groups in total. The van der Waals surface area contributed by atoms with Crippen molar-refractivity contribution in [1.29, 1.82) is 5.26 Å². The van der Waals surface area contributed by atoms with Gasteiger partial charge in [-0.1, -0.05) is 0 Å². The minimum Gasteiger partial charge on any atom is -0.399 e. The van der Waals surface area contributed by atoms with Crippen molar-refractivity contribution in [1.82, 2.24) is 4.98 Å². The van der Waals surface area contributed by atoms with Gasteiger partial charge in [0.25, 0.3) is 0 Å². The topological polar surface area (TPSA) is 78.6 Å². The van der Waals surface area contributed by atoms with Crippen LogP contribution < -0.4 is 10.4 Å². The summed E-state index contributed by atoms with van der Waals surface area (Å²) in [5.74, 6) is 0.615. The average molecular weight is 315 g/mol. The van der Waals surface area contributed by atoms with Crippen molar-refractivity contribution in [3.05, 3.63) is 17.8 Å². The predicted molar refractivity (Wildman–Crippen MR) is 87.5 cm³/mol. The monoisotopic (exact) mass is 315 g/mol. The van der Waals surface area contributed by atoms with Crippen molar-refractivity contribution in [2.45, 2.75) is 51.4 Å². The van der Waals surface area contributed by atoms with Crippen LogP contribution in [-0.4, -0.2) is 47.6 Å². The quantitative estimate of drug-likeness (QED) is 0.814. The van der Waals surface area contributed by atoms with E-state index in [1.807, 2.05) is 32.6 Å². The van der Waals surface area contributed by atoms with E-state index in [0.29, 0.717) is 30.9 Å². The van der Waals surface area contributed by atoms with Crippen molar-refractivity contribution in [3.8, 4) is 6.07 Å². The van der Waals surface area contributed by atoms with Crippen LogP contribution in [0.15, 0.2) is 12.3 Å². The van der Waals surface area contributed by atoms with Gasteiger partial charge >= 0.3 is 7.12 Å². The maximum Gasteiger partial charge on any atom is 0.496 e. The molecule has 3 rings (SSSR count). The van der Waals surface area contributed by atoms with E-state index in [9.17, 15) is 10.4 Å². The standard InChI is InChI=1S/C16H22BN3O3/c1-15(2)16(3,4)23-17(22-15)12-7-11(8-18)14(19-9-12)20-6-5-13(21)10-20/h7,9,13,21H,5-6,10H2,1-4H3/t13-/m0/s1. The van der Waals surface area contributed by atoms with Gasteiger partial charge in [0.1, 0.15) is 11.9 Å². The van der Waals surface area contributed by atoms with Gasteiger partial charge in [-0.15, -0.1) is 0 Å². The van der Waals surface area contributed by atoms with Crippen LogP contribution in [-0.2, 0) is 9.31 Å². The number of aliphatic hydroxyl groups excluding tert-OH is 1. The third-order valence-electron chi connectivity index (χ3n) is 5.00. The number of nitriles is 1. The van der Waals surface area contributed by atoms with E-state index in [4.69, 9.17) is 9.31 Å². The number of pyridine rings is 1. The molecule has 2 aliphatic rings. The smallest absolute Gasteiger partial charge is 0.399 e. The molecule has 0 amide bonds. The van der Waals surface area contributed by atoms with Gasteiger partial charge in [-0.05, 0) is 40.2 Å². The Morgan fingerprint density at radius 1 is 1.35 bits per heavy atom. The summed E-state index contributed by atoms with van der Waals surface area (Å²) in [5.41, 5.74) is 0.361. The van der Waals surface area contributed by atoms with Crippen LogP contribution >= 0.6 is 0 Å². The molecule has 0 unspecified atom stereocenters. The van der Waals surface area contributed by atoms with Gasteiger partial charge in [0.15, 0.2) is 0 Å². The highest BCUT2D eigenvalue weighted by molar-refractivity contribution is 6.62. The highest BCUT2D eigenvalue weighted by atomic mass is 16.7. The molecule has 23 heavy (non-hydrogen) atoms. The van der Waals surface area contributed by atoms with E-state index >= 15 is 0 Å². The molecule has 6 nitrogen and oxygen atoms in total. The molecule has 2 aliphatic heterocycles. The second kappa shape index (κ2) is 5.48. The number of hydrogen-bond acceptors (Lipinski definition) is 6. The second-order valence-electron chi connectivity index (χ2n) is 7.23. The number of anilines is 1. The number of β-amino-alcohol motifs (C(OH)–C–C–N with tert-alkyl or cyclic N) is 1. The largest absolute Gasteiger partial charge is 0.496 e. The van der Waals surface area contributed by atoms with Crippen molar-refractivity contribution in [2.24, 2.45) is 0 Å². The van der Waals surface area contributed by atoms with Gasteiger partial charge in [-0.2, -0.15) is 5.26 Å². The molecular formula is C16H22BN3O3. The molecule has 1 aromatic heterocycles. The molecular weight excluding hydrogens is 293 g/mol. The van der Waals surface area contributed by atoms with Gasteiger partial charge in [-0.3, -0.25) is 0 Å². The zero-order chi connectivity index (χ0) is 16.8. The fourth-order valence-corrected chi connectivity index (χ4v) is 2.85. The van der Waals surface area contributed by atoms with Gasteiger partial charge in [0, 0.05) is 24.7 Å². The van der Waals surface area contributed by atoms with Crippen LogP contribution in [0.3, 0.4) is 0 Å². The maximum absolute atomic E-state index is 9.67. The summed E-state index contributed by atoms with van der Waals surface area (Å²) < 4.78 is 12.0. The molecule has 2 saturated heterocycles. The Kier molecular flexibility index (Phi) is 3.87. The third kappa shape index (κ3) is 2.83. The molecule has 0 radical (unpaired) electrons. The molecule has 0 bridgehead atoms. The van der Waals surface area contributed by atoms with E-state index in [0.717, 1.165) is 5.46 Å². The van der Waals surface area contributed by atoms with E-state index in [2.05, 4.69) is 11.1 Å². The average Bonchev–Trinajstić information content (AvgIpc) is 2.99. The lowest BCUT2D eigenvalue weighted by Crippen LogP contribution is -2.41. The number of aliphatic hydroxyl groups is 1. The van der Waals surface area contributed by atoms with Gasteiger partial charge in [-0.25, -0.2) is 4.98 Å². The van der Waals surface area contributed by atoms with Crippen LogP contribution in [0.5, 0.6) is 0 Å². The first kappa shape index (κ1) is 16.3. The summed E-state index contributed by atoms with van der Waals surface area (Å²) in [4.78, 5) is 6.38. The van der Waals surface area contributed by atoms with Crippen LogP contribution in [0.4, 0.5) is 5.82 Å². The number of hydrogen-bond donors (Lipinski definition) is 1. The number of nitrogens with zero attached hydrogens (tertiary/aromatic N) is 3. The van der Waals surface area contributed by atoms with Crippen molar-refractivity contribution >= 4 is 18.4 Å².